The molecule has 1 fully saturated rings. The fraction of sp³-hybridized carbons (Fsp3) is 0.700. The molecule has 1 heterocycles. The number of carbonyl (C=O) groups excluding carboxylic acids is 5. The molecule has 0 aromatic rings. The highest BCUT2D eigenvalue weighted by molar-refractivity contribution is 5.95. The maximum absolute atomic E-state index is 12.9. The quantitative estimate of drug-likeness (QED) is 0.169. The van der Waals surface area contributed by atoms with Gasteiger partial charge in [-0.2, -0.15) is 0 Å². The average Bonchev–Trinajstić information content (AvgIpc) is 3.23. The Kier molecular flexibility index (Phi) is 10.7. The topological polar surface area (TPSA) is 228 Å². The molecular weight excluding hydrogens is 436 g/mol. The summed E-state index contributed by atoms with van der Waals surface area (Å²) in [7, 11) is 0. The lowest BCUT2D eigenvalue weighted by Gasteiger charge is -2.30. The average molecular weight is 471 g/mol. The molecule has 0 radical (unpaired) electrons. The molecule has 0 aliphatic carbocycles. The molecule has 0 aromatic carbocycles. The Bertz CT molecular complexity index is 774. The first-order valence-corrected chi connectivity index (χ1v) is 10.8. The molecule has 0 aromatic heterocycles. The summed E-state index contributed by atoms with van der Waals surface area (Å²) in [6.45, 7) is 4.07. The fourth-order valence-corrected chi connectivity index (χ4v) is 3.49. The minimum absolute atomic E-state index is 0.0888. The van der Waals surface area contributed by atoms with Crippen molar-refractivity contribution in [3.05, 3.63) is 0 Å². The van der Waals surface area contributed by atoms with Crippen LogP contribution in [0.1, 0.15) is 52.4 Å². The molecule has 1 rings (SSSR count). The maximum Gasteiger partial charge on any atom is 0.326 e. The zero-order valence-electron chi connectivity index (χ0n) is 18.9. The van der Waals surface area contributed by atoms with Crippen LogP contribution in [0.5, 0.6) is 0 Å². The number of nitrogens with one attached hydrogen (secondary N) is 2. The van der Waals surface area contributed by atoms with Gasteiger partial charge in [-0.15, -0.1) is 0 Å². The van der Waals surface area contributed by atoms with E-state index in [-0.39, 0.29) is 24.7 Å². The standard InChI is InChI=1S/C20H34N6O7/c1-3-10(2)16(23)19(31)26-8-4-5-13(26)18(30)24-11(6-7-14(21)27)17(29)25-12(20(32)33)9-15(22)28/h10-13,16H,3-9,23H2,1-2H3,(H2,21,27)(H2,22,28)(H,24,30)(H,25,29)(H,32,33). The highest BCUT2D eigenvalue weighted by atomic mass is 16.4. The van der Waals surface area contributed by atoms with Gasteiger partial charge in [0.1, 0.15) is 18.1 Å². The minimum atomic E-state index is -1.61. The second-order valence-corrected chi connectivity index (χ2v) is 8.24. The molecule has 0 spiro atoms. The zero-order chi connectivity index (χ0) is 25.3. The molecule has 13 heteroatoms. The van der Waals surface area contributed by atoms with Crippen molar-refractivity contribution < 1.29 is 33.9 Å². The summed E-state index contributed by atoms with van der Waals surface area (Å²) in [4.78, 5) is 73.4. The first kappa shape index (κ1) is 27.8. The predicted octanol–water partition coefficient (Wildman–Crippen LogP) is -2.45. The van der Waals surface area contributed by atoms with E-state index >= 15 is 0 Å². The van der Waals surface area contributed by atoms with Crippen molar-refractivity contribution in [3.8, 4) is 0 Å². The first-order valence-electron chi connectivity index (χ1n) is 10.8. The molecule has 186 valence electrons. The van der Waals surface area contributed by atoms with Crippen molar-refractivity contribution in [1.29, 1.82) is 0 Å². The maximum atomic E-state index is 12.9. The third-order valence-corrected chi connectivity index (χ3v) is 5.71. The van der Waals surface area contributed by atoms with E-state index in [9.17, 15) is 33.9 Å². The number of carbonyl (C=O) groups is 6. The van der Waals surface area contributed by atoms with Gasteiger partial charge < -0.3 is 37.8 Å². The molecule has 13 nitrogen and oxygen atoms in total. The van der Waals surface area contributed by atoms with Gasteiger partial charge in [0.25, 0.3) is 0 Å². The van der Waals surface area contributed by atoms with Crippen LogP contribution in [0.4, 0.5) is 0 Å². The van der Waals surface area contributed by atoms with Crippen LogP contribution in [0.2, 0.25) is 0 Å². The van der Waals surface area contributed by atoms with Crippen molar-refractivity contribution in [2.75, 3.05) is 6.54 Å². The number of primary amides is 2. The number of carboxylic acids is 1. The van der Waals surface area contributed by atoms with E-state index in [4.69, 9.17) is 17.2 Å². The van der Waals surface area contributed by atoms with Crippen molar-refractivity contribution in [3.63, 3.8) is 0 Å². The van der Waals surface area contributed by atoms with E-state index in [1.807, 2.05) is 13.8 Å². The Morgan fingerprint density at radius 1 is 1.06 bits per heavy atom. The Morgan fingerprint density at radius 2 is 1.70 bits per heavy atom. The molecule has 1 aliphatic rings. The van der Waals surface area contributed by atoms with Crippen LogP contribution in [-0.2, 0) is 28.8 Å². The van der Waals surface area contributed by atoms with E-state index in [0.29, 0.717) is 25.8 Å². The van der Waals surface area contributed by atoms with Gasteiger partial charge in [0.2, 0.25) is 29.5 Å². The van der Waals surface area contributed by atoms with Crippen LogP contribution >= 0.6 is 0 Å². The van der Waals surface area contributed by atoms with Gasteiger partial charge in [-0.05, 0) is 25.2 Å². The van der Waals surface area contributed by atoms with Gasteiger partial charge in [0, 0.05) is 13.0 Å². The Morgan fingerprint density at radius 3 is 2.21 bits per heavy atom. The summed E-state index contributed by atoms with van der Waals surface area (Å²) in [5.74, 6) is -5.19. The predicted molar refractivity (Wildman–Crippen MR) is 116 cm³/mol. The Hall–Kier alpha value is -3.22. The molecule has 5 unspecified atom stereocenters. The van der Waals surface area contributed by atoms with E-state index in [2.05, 4.69) is 10.6 Å². The van der Waals surface area contributed by atoms with Crippen molar-refractivity contribution >= 4 is 35.5 Å². The number of nitrogens with two attached hydrogens (primary N) is 3. The minimum Gasteiger partial charge on any atom is -0.480 e. The number of likely N-dealkylation sites (tertiary alicyclic amines) is 1. The van der Waals surface area contributed by atoms with Gasteiger partial charge in [-0.25, -0.2) is 4.79 Å². The Labute approximate surface area is 191 Å². The molecule has 1 aliphatic heterocycles. The zero-order valence-corrected chi connectivity index (χ0v) is 18.9. The molecule has 0 bridgehead atoms. The van der Waals surface area contributed by atoms with Crippen molar-refractivity contribution in [2.24, 2.45) is 23.1 Å². The van der Waals surface area contributed by atoms with Gasteiger partial charge in [0.15, 0.2) is 0 Å². The lowest BCUT2D eigenvalue weighted by molar-refractivity contribution is -0.144. The van der Waals surface area contributed by atoms with E-state index in [1.165, 1.54) is 4.90 Å². The molecule has 9 N–H and O–H groups in total. The van der Waals surface area contributed by atoms with Gasteiger partial charge in [-0.3, -0.25) is 24.0 Å². The smallest absolute Gasteiger partial charge is 0.326 e. The van der Waals surface area contributed by atoms with Gasteiger partial charge in [0.05, 0.1) is 12.5 Å². The second-order valence-electron chi connectivity index (χ2n) is 8.24. The molecule has 1 saturated heterocycles. The number of carboxylic acid groups (broad SMARTS) is 1. The monoisotopic (exact) mass is 470 g/mol. The van der Waals surface area contributed by atoms with E-state index in [1.54, 1.807) is 0 Å². The summed E-state index contributed by atoms with van der Waals surface area (Å²) in [6, 6.07) is -4.57. The number of aliphatic carboxylic acids is 1. The molecule has 5 atom stereocenters. The molecular formula is C20H34N6O7. The van der Waals surface area contributed by atoms with Gasteiger partial charge >= 0.3 is 5.97 Å². The molecule has 0 saturated carbocycles. The van der Waals surface area contributed by atoms with Crippen molar-refractivity contribution in [1.82, 2.24) is 15.5 Å². The summed E-state index contributed by atoms with van der Waals surface area (Å²) < 4.78 is 0. The Balaban J connectivity index is 2.97. The number of hydrogen-bond acceptors (Lipinski definition) is 7. The summed E-state index contributed by atoms with van der Waals surface area (Å²) in [5.41, 5.74) is 16.2. The van der Waals surface area contributed by atoms with E-state index < -0.39 is 60.2 Å². The van der Waals surface area contributed by atoms with Crippen LogP contribution in [0, 0.1) is 5.92 Å². The fourth-order valence-electron chi connectivity index (χ4n) is 3.49. The van der Waals surface area contributed by atoms with Crippen LogP contribution < -0.4 is 27.8 Å². The largest absolute Gasteiger partial charge is 0.480 e. The molecule has 5 amide bonds. The SMILES string of the molecule is CCC(C)C(N)C(=O)N1CCCC1C(=O)NC(CCC(N)=O)C(=O)NC(CC(N)=O)C(=O)O. The van der Waals surface area contributed by atoms with E-state index in [0.717, 1.165) is 0 Å². The number of rotatable bonds is 13. The number of amides is 5. The highest BCUT2D eigenvalue weighted by Crippen LogP contribution is 2.21. The van der Waals surface area contributed by atoms with Gasteiger partial charge in [-0.1, -0.05) is 20.3 Å². The summed E-state index contributed by atoms with van der Waals surface area (Å²) in [6.07, 6.45) is 0.475. The third kappa shape index (κ3) is 8.33. The van der Waals surface area contributed by atoms with Crippen molar-refractivity contribution in [2.45, 2.75) is 76.5 Å². The number of nitrogens with zero attached hydrogens (tertiary/aromatic N) is 1. The lowest BCUT2D eigenvalue weighted by Crippen LogP contribution is -2.57. The van der Waals surface area contributed by atoms with Crippen LogP contribution in [-0.4, -0.2) is 76.2 Å². The first-order chi connectivity index (χ1) is 15.4. The summed E-state index contributed by atoms with van der Waals surface area (Å²) >= 11 is 0. The molecule has 33 heavy (non-hydrogen) atoms. The third-order valence-electron chi connectivity index (χ3n) is 5.71. The number of hydrogen-bond donors (Lipinski definition) is 6. The van der Waals surface area contributed by atoms with Crippen LogP contribution in [0.25, 0.3) is 0 Å². The van der Waals surface area contributed by atoms with Crippen LogP contribution in [0.15, 0.2) is 0 Å². The van der Waals surface area contributed by atoms with Crippen LogP contribution in [0.3, 0.4) is 0 Å². The second kappa shape index (κ2) is 12.7. The highest BCUT2D eigenvalue weighted by Gasteiger charge is 2.38. The summed E-state index contributed by atoms with van der Waals surface area (Å²) in [5, 5.41) is 13.8. The normalized spacial score (nSPS) is 19.1. The lowest BCUT2D eigenvalue weighted by atomic mass is 9.98.